The van der Waals surface area contributed by atoms with Gasteiger partial charge in [-0.3, -0.25) is 4.90 Å². The van der Waals surface area contributed by atoms with Crippen molar-refractivity contribution in [2.75, 3.05) is 14.1 Å². The van der Waals surface area contributed by atoms with E-state index in [0.29, 0.717) is 11.1 Å². The molecule has 0 unspecified atom stereocenters. The lowest BCUT2D eigenvalue weighted by Gasteiger charge is -2.56. The maximum Gasteiger partial charge on any atom is 0.0170 e. The molecule has 0 spiro atoms. The molecule has 1 heterocycles. The van der Waals surface area contributed by atoms with Gasteiger partial charge in [0, 0.05) is 23.2 Å². The SMILES string of the molecule is CN(C1CCCC1)C1CC(C)(C)N(C)C(C)(C)C1. The van der Waals surface area contributed by atoms with E-state index in [1.165, 1.54) is 38.5 Å². The molecule has 0 N–H and O–H groups in total. The van der Waals surface area contributed by atoms with Crippen molar-refractivity contribution in [1.82, 2.24) is 9.80 Å². The number of piperidine rings is 1. The lowest BCUT2D eigenvalue weighted by atomic mass is 9.76. The fourth-order valence-corrected chi connectivity index (χ4v) is 4.22. The van der Waals surface area contributed by atoms with Crippen LogP contribution in [-0.4, -0.2) is 47.1 Å². The number of nitrogens with zero attached hydrogens (tertiary/aromatic N) is 2. The molecular weight excluding hydrogens is 220 g/mol. The number of hydrogen-bond acceptors (Lipinski definition) is 2. The first-order valence-corrected chi connectivity index (χ1v) is 7.70. The molecule has 0 bridgehead atoms. The molecule has 2 fully saturated rings. The van der Waals surface area contributed by atoms with Crippen molar-refractivity contribution < 1.29 is 0 Å². The first-order valence-electron chi connectivity index (χ1n) is 7.70. The van der Waals surface area contributed by atoms with Crippen molar-refractivity contribution in [3.8, 4) is 0 Å². The molecule has 0 atom stereocenters. The maximum absolute atomic E-state index is 2.71. The smallest absolute Gasteiger partial charge is 0.0170 e. The van der Waals surface area contributed by atoms with Crippen LogP contribution in [0.25, 0.3) is 0 Å². The van der Waals surface area contributed by atoms with Gasteiger partial charge in [-0.1, -0.05) is 12.8 Å². The summed E-state index contributed by atoms with van der Waals surface area (Å²) < 4.78 is 0. The molecule has 2 heteroatoms. The third kappa shape index (κ3) is 2.60. The zero-order valence-electron chi connectivity index (χ0n) is 13.3. The van der Waals surface area contributed by atoms with Gasteiger partial charge < -0.3 is 4.90 Å². The topological polar surface area (TPSA) is 6.48 Å². The lowest BCUT2D eigenvalue weighted by molar-refractivity contribution is -0.0498. The van der Waals surface area contributed by atoms with E-state index in [2.05, 4.69) is 51.6 Å². The van der Waals surface area contributed by atoms with E-state index in [1.807, 2.05) is 0 Å². The van der Waals surface area contributed by atoms with E-state index in [-0.39, 0.29) is 0 Å². The summed E-state index contributed by atoms with van der Waals surface area (Å²) in [6, 6.07) is 1.61. The van der Waals surface area contributed by atoms with Crippen LogP contribution >= 0.6 is 0 Å². The second-order valence-electron chi connectivity index (χ2n) is 7.85. The molecule has 0 aromatic rings. The highest BCUT2D eigenvalue weighted by molar-refractivity contribution is 5.01. The summed E-state index contributed by atoms with van der Waals surface area (Å²) >= 11 is 0. The molecule has 1 saturated carbocycles. The van der Waals surface area contributed by atoms with Gasteiger partial charge in [0.25, 0.3) is 0 Å². The Morgan fingerprint density at radius 3 is 1.78 bits per heavy atom. The predicted octanol–water partition coefficient (Wildman–Crippen LogP) is 3.51. The fraction of sp³-hybridized carbons (Fsp3) is 1.00. The molecule has 2 nitrogen and oxygen atoms in total. The Morgan fingerprint density at radius 2 is 1.33 bits per heavy atom. The molecular formula is C16H32N2. The first kappa shape index (κ1) is 14.3. The largest absolute Gasteiger partial charge is 0.300 e. The summed E-state index contributed by atoms with van der Waals surface area (Å²) in [7, 11) is 4.67. The van der Waals surface area contributed by atoms with Crippen molar-refractivity contribution in [3.05, 3.63) is 0 Å². The predicted molar refractivity (Wildman–Crippen MR) is 79.0 cm³/mol. The van der Waals surface area contributed by atoms with Gasteiger partial charge in [-0.15, -0.1) is 0 Å². The Kier molecular flexibility index (Phi) is 3.81. The molecule has 0 aromatic heterocycles. The minimum absolute atomic E-state index is 0.319. The summed E-state index contributed by atoms with van der Waals surface area (Å²) in [4.78, 5) is 5.29. The van der Waals surface area contributed by atoms with Crippen molar-refractivity contribution in [3.63, 3.8) is 0 Å². The normalized spacial score (nSPS) is 30.2. The Bertz CT molecular complexity index is 271. The minimum Gasteiger partial charge on any atom is -0.300 e. The lowest BCUT2D eigenvalue weighted by Crippen LogP contribution is -2.63. The molecule has 0 aromatic carbocycles. The van der Waals surface area contributed by atoms with Crippen LogP contribution in [0.3, 0.4) is 0 Å². The van der Waals surface area contributed by atoms with Crippen molar-refractivity contribution in [1.29, 1.82) is 0 Å². The second-order valence-corrected chi connectivity index (χ2v) is 7.85. The zero-order chi connectivity index (χ0) is 13.6. The summed E-state index contributed by atoms with van der Waals surface area (Å²) in [5.74, 6) is 0. The Balaban J connectivity index is 2.10. The van der Waals surface area contributed by atoms with Crippen molar-refractivity contribution in [2.45, 2.75) is 89.4 Å². The van der Waals surface area contributed by atoms with Crippen LogP contribution in [0.4, 0.5) is 0 Å². The van der Waals surface area contributed by atoms with Crippen molar-refractivity contribution in [2.24, 2.45) is 0 Å². The fourth-order valence-electron chi connectivity index (χ4n) is 4.22. The molecule has 1 aliphatic carbocycles. The average Bonchev–Trinajstić information content (AvgIpc) is 2.77. The zero-order valence-corrected chi connectivity index (χ0v) is 13.3. The van der Waals surface area contributed by atoms with Gasteiger partial charge in [0.15, 0.2) is 0 Å². The van der Waals surface area contributed by atoms with Crippen LogP contribution in [0.1, 0.15) is 66.2 Å². The van der Waals surface area contributed by atoms with Gasteiger partial charge in [0.2, 0.25) is 0 Å². The average molecular weight is 252 g/mol. The highest BCUT2D eigenvalue weighted by Gasteiger charge is 2.45. The molecule has 2 aliphatic rings. The third-order valence-corrected chi connectivity index (χ3v) is 5.76. The molecule has 0 amide bonds. The van der Waals surface area contributed by atoms with Gasteiger partial charge in [-0.05, 0) is 67.5 Å². The Hall–Kier alpha value is -0.0800. The molecule has 18 heavy (non-hydrogen) atoms. The number of hydrogen-bond donors (Lipinski definition) is 0. The van der Waals surface area contributed by atoms with Gasteiger partial charge in [-0.2, -0.15) is 0 Å². The monoisotopic (exact) mass is 252 g/mol. The standard InChI is InChI=1S/C16H32N2/c1-15(2)11-14(12-16(3,4)18(15)6)17(5)13-9-7-8-10-13/h13-14H,7-12H2,1-6H3. The Labute approximate surface area is 114 Å². The summed E-state index contributed by atoms with van der Waals surface area (Å²) in [5.41, 5.74) is 0.637. The summed E-state index contributed by atoms with van der Waals surface area (Å²) in [6.45, 7) is 9.62. The van der Waals surface area contributed by atoms with Crippen LogP contribution in [0.15, 0.2) is 0 Å². The third-order valence-electron chi connectivity index (χ3n) is 5.76. The summed E-state index contributed by atoms with van der Waals surface area (Å²) in [6.07, 6.45) is 8.33. The van der Waals surface area contributed by atoms with E-state index in [0.717, 1.165) is 12.1 Å². The molecule has 2 rings (SSSR count). The van der Waals surface area contributed by atoms with Crippen LogP contribution in [0.5, 0.6) is 0 Å². The molecule has 106 valence electrons. The number of likely N-dealkylation sites (tertiary alicyclic amines) is 1. The van der Waals surface area contributed by atoms with Gasteiger partial charge in [0.05, 0.1) is 0 Å². The van der Waals surface area contributed by atoms with Crippen LogP contribution in [0, 0.1) is 0 Å². The Morgan fingerprint density at radius 1 is 0.889 bits per heavy atom. The van der Waals surface area contributed by atoms with E-state index in [1.54, 1.807) is 0 Å². The van der Waals surface area contributed by atoms with E-state index < -0.39 is 0 Å². The molecule has 1 aliphatic heterocycles. The van der Waals surface area contributed by atoms with Gasteiger partial charge >= 0.3 is 0 Å². The van der Waals surface area contributed by atoms with E-state index in [4.69, 9.17) is 0 Å². The highest BCUT2D eigenvalue weighted by atomic mass is 15.3. The van der Waals surface area contributed by atoms with Crippen molar-refractivity contribution >= 4 is 0 Å². The highest BCUT2D eigenvalue weighted by Crippen LogP contribution is 2.40. The molecule has 0 radical (unpaired) electrons. The van der Waals surface area contributed by atoms with E-state index >= 15 is 0 Å². The second kappa shape index (κ2) is 4.79. The maximum atomic E-state index is 2.71. The minimum atomic E-state index is 0.319. The molecule has 1 saturated heterocycles. The van der Waals surface area contributed by atoms with E-state index in [9.17, 15) is 0 Å². The van der Waals surface area contributed by atoms with Crippen LogP contribution in [-0.2, 0) is 0 Å². The quantitative estimate of drug-likeness (QED) is 0.742. The number of rotatable bonds is 2. The van der Waals surface area contributed by atoms with Crippen LogP contribution < -0.4 is 0 Å². The summed E-state index contributed by atoms with van der Waals surface area (Å²) in [5, 5.41) is 0. The first-order chi connectivity index (χ1) is 8.24. The van der Waals surface area contributed by atoms with Gasteiger partial charge in [-0.25, -0.2) is 0 Å². The van der Waals surface area contributed by atoms with Crippen LogP contribution in [0.2, 0.25) is 0 Å². The van der Waals surface area contributed by atoms with Gasteiger partial charge in [0.1, 0.15) is 0 Å².